The minimum absolute atomic E-state index is 0.108. The number of halogens is 1. The van der Waals surface area contributed by atoms with Gasteiger partial charge in [0.1, 0.15) is 5.82 Å². The fraction of sp³-hybridized carbons (Fsp3) is 0.429. The second-order valence-electron chi connectivity index (χ2n) is 5.28. The number of carboxylic acid groups (broad SMARTS) is 1. The number of aromatic carboxylic acids is 1. The Bertz CT molecular complexity index is 537. The Kier molecular flexibility index (Phi) is 3.92. The van der Waals surface area contributed by atoms with Crippen molar-refractivity contribution < 1.29 is 19.1 Å². The molecule has 0 bridgehead atoms. The highest BCUT2D eigenvalue weighted by Gasteiger charge is 2.29. The van der Waals surface area contributed by atoms with Crippen LogP contribution in [0, 0.1) is 17.7 Å². The highest BCUT2D eigenvalue weighted by Crippen LogP contribution is 2.24. The first-order chi connectivity index (χ1) is 9.38. The molecule has 5 nitrogen and oxygen atoms in total. The average Bonchev–Trinajstić information content (AvgIpc) is 2.71. The Morgan fingerprint density at radius 3 is 2.45 bits per heavy atom. The number of rotatable bonds is 2. The lowest BCUT2D eigenvalue weighted by Crippen LogP contribution is -2.33. The number of carbonyl (C=O) groups excluding carboxylic acids is 1. The molecule has 2 atom stereocenters. The van der Waals surface area contributed by atoms with Crippen LogP contribution in [0.5, 0.6) is 0 Å². The molecule has 1 aromatic rings. The van der Waals surface area contributed by atoms with Crippen LogP contribution in [-0.2, 0) is 0 Å². The number of hydrogen-bond donors (Lipinski definition) is 2. The molecule has 1 aliphatic rings. The van der Waals surface area contributed by atoms with Gasteiger partial charge in [0.05, 0.1) is 11.3 Å². The maximum Gasteiger partial charge on any atom is 0.337 e. The van der Waals surface area contributed by atoms with Crippen LogP contribution in [0.4, 0.5) is 14.9 Å². The molecule has 1 aromatic carbocycles. The Morgan fingerprint density at radius 2 is 1.90 bits per heavy atom. The van der Waals surface area contributed by atoms with Crippen LogP contribution in [0.15, 0.2) is 18.2 Å². The number of hydrogen-bond acceptors (Lipinski definition) is 2. The van der Waals surface area contributed by atoms with Crippen molar-refractivity contribution in [3.8, 4) is 0 Å². The van der Waals surface area contributed by atoms with E-state index in [2.05, 4.69) is 19.2 Å². The number of carboxylic acids is 1. The highest BCUT2D eigenvalue weighted by molar-refractivity contribution is 6.00. The molecule has 0 radical (unpaired) electrons. The molecule has 1 saturated heterocycles. The van der Waals surface area contributed by atoms with Crippen LogP contribution in [0.2, 0.25) is 0 Å². The summed E-state index contributed by atoms with van der Waals surface area (Å²) >= 11 is 0. The number of nitrogens with one attached hydrogen (secondary N) is 1. The third-order valence-electron chi connectivity index (χ3n) is 3.73. The largest absolute Gasteiger partial charge is 0.478 e. The molecule has 108 valence electrons. The van der Waals surface area contributed by atoms with Crippen molar-refractivity contribution in [2.75, 3.05) is 18.4 Å². The molecular formula is C14H17FN2O3. The molecule has 0 saturated carbocycles. The van der Waals surface area contributed by atoms with Gasteiger partial charge in [-0.1, -0.05) is 13.8 Å². The monoisotopic (exact) mass is 280 g/mol. The van der Waals surface area contributed by atoms with E-state index >= 15 is 0 Å². The predicted molar refractivity (Wildman–Crippen MR) is 72.3 cm³/mol. The Hall–Kier alpha value is -2.11. The van der Waals surface area contributed by atoms with Gasteiger partial charge in [-0.2, -0.15) is 0 Å². The molecular weight excluding hydrogens is 263 g/mol. The fourth-order valence-electron chi connectivity index (χ4n) is 2.29. The van der Waals surface area contributed by atoms with Crippen molar-refractivity contribution in [1.82, 2.24) is 4.90 Å². The van der Waals surface area contributed by atoms with Crippen LogP contribution in [0.3, 0.4) is 0 Å². The number of urea groups is 1. The molecule has 2 amide bonds. The van der Waals surface area contributed by atoms with Gasteiger partial charge >= 0.3 is 12.0 Å². The van der Waals surface area contributed by atoms with Crippen LogP contribution in [0.1, 0.15) is 24.2 Å². The Balaban J connectivity index is 2.14. The van der Waals surface area contributed by atoms with E-state index in [0.29, 0.717) is 24.9 Å². The molecule has 20 heavy (non-hydrogen) atoms. The predicted octanol–water partition coefficient (Wildman–Crippen LogP) is 2.64. The van der Waals surface area contributed by atoms with Gasteiger partial charge in [-0.3, -0.25) is 0 Å². The third-order valence-corrected chi connectivity index (χ3v) is 3.73. The normalized spacial score (nSPS) is 21.9. The van der Waals surface area contributed by atoms with Crippen LogP contribution < -0.4 is 5.32 Å². The SMILES string of the molecule is CC1CN(C(=O)Nc2ccc(F)cc2C(=O)O)CC1C. The van der Waals surface area contributed by atoms with E-state index in [1.165, 1.54) is 6.07 Å². The second-order valence-corrected chi connectivity index (χ2v) is 5.28. The zero-order chi connectivity index (χ0) is 14.9. The van der Waals surface area contributed by atoms with Gasteiger partial charge in [-0.05, 0) is 30.0 Å². The van der Waals surface area contributed by atoms with E-state index < -0.39 is 11.8 Å². The summed E-state index contributed by atoms with van der Waals surface area (Å²) in [4.78, 5) is 24.8. The minimum Gasteiger partial charge on any atom is -0.478 e. The van der Waals surface area contributed by atoms with Gasteiger partial charge in [0.2, 0.25) is 0 Å². The number of nitrogens with zero attached hydrogens (tertiary/aromatic N) is 1. The van der Waals surface area contributed by atoms with Crippen molar-refractivity contribution in [2.24, 2.45) is 11.8 Å². The zero-order valence-corrected chi connectivity index (χ0v) is 11.4. The van der Waals surface area contributed by atoms with Gasteiger partial charge in [0.15, 0.2) is 0 Å². The first-order valence-corrected chi connectivity index (χ1v) is 6.47. The number of anilines is 1. The molecule has 0 aromatic heterocycles. The standard InChI is InChI=1S/C14H17FN2O3/c1-8-6-17(7-9(8)2)14(20)16-12-4-3-10(15)5-11(12)13(18)19/h3-5,8-9H,6-7H2,1-2H3,(H,16,20)(H,18,19). The number of benzene rings is 1. The van der Waals surface area contributed by atoms with E-state index in [9.17, 15) is 14.0 Å². The van der Waals surface area contributed by atoms with Gasteiger partial charge in [-0.15, -0.1) is 0 Å². The maximum atomic E-state index is 13.1. The first kappa shape index (κ1) is 14.3. The van der Waals surface area contributed by atoms with Crippen molar-refractivity contribution in [2.45, 2.75) is 13.8 Å². The minimum atomic E-state index is -1.28. The van der Waals surface area contributed by atoms with E-state index in [4.69, 9.17) is 5.11 Å². The molecule has 2 rings (SSSR count). The van der Waals surface area contributed by atoms with E-state index in [1.807, 2.05) is 0 Å². The third kappa shape index (κ3) is 2.89. The van der Waals surface area contributed by atoms with Crippen molar-refractivity contribution in [3.63, 3.8) is 0 Å². The molecule has 1 heterocycles. The Morgan fingerprint density at radius 1 is 1.30 bits per heavy atom. The number of likely N-dealkylation sites (tertiary alicyclic amines) is 1. The molecule has 1 fully saturated rings. The average molecular weight is 280 g/mol. The molecule has 0 spiro atoms. The summed E-state index contributed by atoms with van der Waals surface area (Å²) in [5.74, 6) is -1.10. The van der Waals surface area contributed by atoms with Gasteiger partial charge < -0.3 is 15.3 Å². The first-order valence-electron chi connectivity index (χ1n) is 6.47. The topological polar surface area (TPSA) is 69.6 Å². The maximum absolute atomic E-state index is 13.1. The molecule has 1 aliphatic heterocycles. The summed E-state index contributed by atoms with van der Waals surface area (Å²) in [6, 6.07) is 2.93. The molecule has 0 aliphatic carbocycles. The molecule has 2 N–H and O–H groups in total. The van der Waals surface area contributed by atoms with E-state index in [1.54, 1.807) is 4.90 Å². The van der Waals surface area contributed by atoms with E-state index in [-0.39, 0.29) is 17.3 Å². The lowest BCUT2D eigenvalue weighted by atomic mass is 10.0. The summed E-state index contributed by atoms with van der Waals surface area (Å²) < 4.78 is 13.1. The zero-order valence-electron chi connectivity index (χ0n) is 11.4. The quantitative estimate of drug-likeness (QED) is 0.875. The molecule has 2 unspecified atom stereocenters. The summed E-state index contributed by atoms with van der Waals surface area (Å²) in [7, 11) is 0. The van der Waals surface area contributed by atoms with Gasteiger partial charge in [0, 0.05) is 13.1 Å². The smallest absolute Gasteiger partial charge is 0.337 e. The second kappa shape index (κ2) is 5.48. The van der Waals surface area contributed by atoms with Crippen LogP contribution in [0.25, 0.3) is 0 Å². The van der Waals surface area contributed by atoms with E-state index in [0.717, 1.165) is 12.1 Å². The van der Waals surface area contributed by atoms with Crippen molar-refractivity contribution in [1.29, 1.82) is 0 Å². The number of amides is 2. The lowest BCUT2D eigenvalue weighted by Gasteiger charge is -2.18. The van der Waals surface area contributed by atoms with Crippen LogP contribution in [-0.4, -0.2) is 35.1 Å². The molecule has 6 heteroatoms. The summed E-state index contributed by atoms with van der Waals surface area (Å²) in [5.41, 5.74) is -0.144. The fourth-order valence-corrected chi connectivity index (χ4v) is 2.29. The van der Waals surface area contributed by atoms with Crippen LogP contribution >= 0.6 is 0 Å². The number of carbonyl (C=O) groups is 2. The summed E-state index contributed by atoms with van der Waals surface area (Å²) in [6.07, 6.45) is 0. The summed E-state index contributed by atoms with van der Waals surface area (Å²) in [5, 5.41) is 11.6. The van der Waals surface area contributed by atoms with Gasteiger partial charge in [-0.25, -0.2) is 14.0 Å². The van der Waals surface area contributed by atoms with Crippen molar-refractivity contribution in [3.05, 3.63) is 29.6 Å². The summed E-state index contributed by atoms with van der Waals surface area (Å²) in [6.45, 7) is 5.41. The van der Waals surface area contributed by atoms with Gasteiger partial charge in [0.25, 0.3) is 0 Å². The highest BCUT2D eigenvalue weighted by atomic mass is 19.1. The lowest BCUT2D eigenvalue weighted by molar-refractivity contribution is 0.0697. The van der Waals surface area contributed by atoms with Crippen molar-refractivity contribution >= 4 is 17.7 Å². The Labute approximate surface area is 116 Å².